The zero-order valence-corrected chi connectivity index (χ0v) is 18.6. The smallest absolute Gasteiger partial charge is 0.244 e. The lowest BCUT2D eigenvalue weighted by Gasteiger charge is -2.31. The van der Waals surface area contributed by atoms with Crippen molar-refractivity contribution in [1.82, 2.24) is 5.32 Å². The van der Waals surface area contributed by atoms with Crippen LogP contribution in [0, 0.1) is 0 Å². The molecular weight excluding hydrogens is 408 g/mol. The van der Waals surface area contributed by atoms with E-state index in [1.807, 2.05) is 13.0 Å². The van der Waals surface area contributed by atoms with Gasteiger partial charge in [0.25, 0.3) is 0 Å². The van der Waals surface area contributed by atoms with Gasteiger partial charge in [-0.05, 0) is 73.6 Å². The van der Waals surface area contributed by atoms with E-state index >= 15 is 0 Å². The molecule has 0 aromatic heterocycles. The van der Waals surface area contributed by atoms with Gasteiger partial charge in [0.2, 0.25) is 15.9 Å². The first-order chi connectivity index (χ1) is 13.7. The Balaban J connectivity index is 1.83. The Morgan fingerprint density at radius 3 is 2.41 bits per heavy atom. The molecule has 0 radical (unpaired) electrons. The summed E-state index contributed by atoms with van der Waals surface area (Å²) in [5.41, 5.74) is 4.18. The number of amides is 1. The number of anilines is 1. The molecule has 2 aromatic carbocycles. The molecule has 3 rings (SSSR count). The van der Waals surface area contributed by atoms with Gasteiger partial charge < -0.3 is 5.32 Å². The van der Waals surface area contributed by atoms with Gasteiger partial charge in [-0.15, -0.1) is 0 Å². The molecule has 7 heteroatoms. The highest BCUT2D eigenvalue weighted by Crippen LogP contribution is 2.27. The molecule has 0 bridgehead atoms. The average Bonchev–Trinajstić information content (AvgIpc) is 3.13. The second-order valence-corrected chi connectivity index (χ2v) is 9.87. The van der Waals surface area contributed by atoms with Crippen molar-refractivity contribution in [3.05, 3.63) is 64.2 Å². The van der Waals surface area contributed by atoms with E-state index in [1.165, 1.54) is 21.9 Å². The lowest BCUT2D eigenvalue weighted by molar-refractivity contribution is -0.122. The SMILES string of the molecule is CC[C@@H](C(=O)N[C@H](C)c1ccc2c(c1)CCC2)N(c1ccc(Cl)cc1)S(C)(=O)=O. The lowest BCUT2D eigenvalue weighted by atomic mass is 10.0. The minimum absolute atomic E-state index is 0.214. The molecule has 0 spiro atoms. The Morgan fingerprint density at radius 1 is 1.14 bits per heavy atom. The molecule has 1 aliphatic rings. The van der Waals surface area contributed by atoms with Gasteiger partial charge in [-0.1, -0.05) is 36.7 Å². The Labute approximate surface area is 178 Å². The van der Waals surface area contributed by atoms with Gasteiger partial charge in [0.1, 0.15) is 6.04 Å². The zero-order valence-electron chi connectivity index (χ0n) is 17.0. The number of aryl methyl sites for hydroxylation is 2. The molecule has 1 amide bonds. The fraction of sp³-hybridized carbons (Fsp3) is 0.409. The van der Waals surface area contributed by atoms with Crippen LogP contribution < -0.4 is 9.62 Å². The quantitative estimate of drug-likeness (QED) is 0.708. The van der Waals surface area contributed by atoms with E-state index in [4.69, 9.17) is 11.6 Å². The minimum atomic E-state index is -3.67. The van der Waals surface area contributed by atoms with Crippen molar-refractivity contribution in [3.63, 3.8) is 0 Å². The molecule has 2 atom stereocenters. The second kappa shape index (κ2) is 8.76. The monoisotopic (exact) mass is 434 g/mol. The van der Waals surface area contributed by atoms with E-state index in [0.717, 1.165) is 24.7 Å². The van der Waals surface area contributed by atoms with E-state index in [-0.39, 0.29) is 11.9 Å². The first kappa shape index (κ1) is 21.7. The first-order valence-electron chi connectivity index (χ1n) is 9.87. The van der Waals surface area contributed by atoms with E-state index < -0.39 is 16.1 Å². The number of halogens is 1. The maximum Gasteiger partial charge on any atom is 0.244 e. The molecule has 0 aliphatic heterocycles. The number of carbonyl (C=O) groups is 1. The lowest BCUT2D eigenvalue weighted by Crippen LogP contribution is -2.49. The van der Waals surface area contributed by atoms with Crippen molar-refractivity contribution in [3.8, 4) is 0 Å². The van der Waals surface area contributed by atoms with Crippen molar-refractivity contribution in [2.75, 3.05) is 10.6 Å². The normalized spacial score (nSPS) is 15.4. The molecule has 0 fully saturated rings. The fourth-order valence-electron chi connectivity index (χ4n) is 3.90. The second-order valence-electron chi connectivity index (χ2n) is 7.57. The Morgan fingerprint density at radius 2 is 1.79 bits per heavy atom. The number of benzene rings is 2. The summed E-state index contributed by atoms with van der Waals surface area (Å²) in [6, 6.07) is 11.7. The molecule has 0 saturated carbocycles. The van der Waals surface area contributed by atoms with E-state index in [1.54, 1.807) is 31.2 Å². The van der Waals surface area contributed by atoms with Crippen LogP contribution in [0.1, 0.15) is 49.4 Å². The third-order valence-corrected chi connectivity index (χ3v) is 6.82. The van der Waals surface area contributed by atoms with E-state index in [9.17, 15) is 13.2 Å². The average molecular weight is 435 g/mol. The molecule has 29 heavy (non-hydrogen) atoms. The summed E-state index contributed by atoms with van der Waals surface area (Å²) in [6.45, 7) is 3.73. The van der Waals surface area contributed by atoms with Gasteiger partial charge in [0.05, 0.1) is 18.0 Å². The molecule has 0 heterocycles. The molecule has 156 valence electrons. The molecule has 5 nitrogen and oxygen atoms in total. The van der Waals surface area contributed by atoms with Crippen LogP contribution >= 0.6 is 11.6 Å². The summed E-state index contributed by atoms with van der Waals surface area (Å²) in [4.78, 5) is 13.1. The third kappa shape index (κ3) is 4.93. The van der Waals surface area contributed by atoms with Gasteiger partial charge in [-0.2, -0.15) is 0 Å². The van der Waals surface area contributed by atoms with Gasteiger partial charge in [-0.3, -0.25) is 9.10 Å². The van der Waals surface area contributed by atoms with Crippen LogP contribution in [0.15, 0.2) is 42.5 Å². The Hall–Kier alpha value is -2.05. The topological polar surface area (TPSA) is 66.5 Å². The third-order valence-electron chi connectivity index (χ3n) is 5.39. The van der Waals surface area contributed by atoms with Crippen LogP contribution in [-0.2, 0) is 27.7 Å². The largest absolute Gasteiger partial charge is 0.348 e. The van der Waals surface area contributed by atoms with Crippen molar-refractivity contribution in [2.45, 2.75) is 51.6 Å². The number of nitrogens with one attached hydrogen (secondary N) is 1. The molecule has 1 N–H and O–H groups in total. The summed E-state index contributed by atoms with van der Waals surface area (Å²) in [6.07, 6.45) is 4.81. The summed E-state index contributed by atoms with van der Waals surface area (Å²) >= 11 is 5.94. The maximum atomic E-state index is 13.1. The van der Waals surface area contributed by atoms with Gasteiger partial charge in [-0.25, -0.2) is 8.42 Å². The zero-order chi connectivity index (χ0) is 21.2. The van der Waals surface area contributed by atoms with Crippen molar-refractivity contribution in [2.24, 2.45) is 0 Å². The van der Waals surface area contributed by atoms with E-state index in [2.05, 4.69) is 17.4 Å². The van der Waals surface area contributed by atoms with Crippen molar-refractivity contribution < 1.29 is 13.2 Å². The van der Waals surface area contributed by atoms with E-state index in [0.29, 0.717) is 17.1 Å². The van der Waals surface area contributed by atoms with Crippen LogP contribution in [0.25, 0.3) is 0 Å². The highest BCUT2D eigenvalue weighted by molar-refractivity contribution is 7.92. The van der Waals surface area contributed by atoms with Crippen molar-refractivity contribution in [1.29, 1.82) is 0 Å². The van der Waals surface area contributed by atoms with Crippen LogP contribution in [0.4, 0.5) is 5.69 Å². The Bertz CT molecular complexity index is 990. The molecule has 1 aliphatic carbocycles. The molecule has 0 saturated heterocycles. The number of nitrogens with zero attached hydrogens (tertiary/aromatic N) is 1. The van der Waals surface area contributed by atoms with Crippen LogP contribution in [0.2, 0.25) is 5.02 Å². The van der Waals surface area contributed by atoms with Crippen LogP contribution in [-0.4, -0.2) is 26.6 Å². The number of sulfonamides is 1. The number of hydrogen-bond donors (Lipinski definition) is 1. The maximum absolute atomic E-state index is 13.1. The van der Waals surface area contributed by atoms with Crippen molar-refractivity contribution >= 4 is 33.2 Å². The predicted octanol–water partition coefficient (Wildman–Crippen LogP) is 4.25. The van der Waals surface area contributed by atoms with Crippen LogP contribution in [0.5, 0.6) is 0 Å². The Kier molecular flexibility index (Phi) is 6.54. The molecule has 2 aromatic rings. The predicted molar refractivity (Wildman–Crippen MR) is 118 cm³/mol. The summed E-state index contributed by atoms with van der Waals surface area (Å²) < 4.78 is 26.2. The number of rotatable bonds is 7. The van der Waals surface area contributed by atoms with Gasteiger partial charge in [0.15, 0.2) is 0 Å². The highest BCUT2D eigenvalue weighted by atomic mass is 35.5. The standard InChI is InChI=1S/C22H27ClN2O3S/c1-4-21(25(29(3,27)28)20-12-10-19(23)11-13-20)22(26)24-15(2)17-9-8-16-6-5-7-18(16)14-17/h8-15,21H,4-7H2,1-3H3,(H,24,26)/t15-,21+/m1/s1. The number of carbonyl (C=O) groups excluding carboxylic acids is 1. The minimum Gasteiger partial charge on any atom is -0.348 e. The van der Waals surface area contributed by atoms with Crippen LogP contribution in [0.3, 0.4) is 0 Å². The highest BCUT2D eigenvalue weighted by Gasteiger charge is 2.32. The summed E-state index contributed by atoms with van der Waals surface area (Å²) in [7, 11) is -3.67. The fourth-order valence-corrected chi connectivity index (χ4v) is 5.24. The summed E-state index contributed by atoms with van der Waals surface area (Å²) in [5.74, 6) is -0.319. The first-order valence-corrected chi connectivity index (χ1v) is 12.1. The number of fused-ring (bicyclic) bond motifs is 1. The molecular formula is C22H27ClN2O3S. The molecule has 0 unspecified atom stereocenters. The number of hydrogen-bond acceptors (Lipinski definition) is 3. The summed E-state index contributed by atoms with van der Waals surface area (Å²) in [5, 5.41) is 3.51. The van der Waals surface area contributed by atoms with Gasteiger partial charge in [0, 0.05) is 5.02 Å². The van der Waals surface area contributed by atoms with Gasteiger partial charge >= 0.3 is 0 Å².